The number of carbonyl (C=O) groups is 3. The summed E-state index contributed by atoms with van der Waals surface area (Å²) in [6.07, 6.45) is 1.72. The van der Waals surface area contributed by atoms with Crippen LogP contribution in [0.25, 0.3) is 5.65 Å². The van der Waals surface area contributed by atoms with Crippen molar-refractivity contribution in [2.24, 2.45) is 0 Å². The maximum Gasteiger partial charge on any atom is 0.308 e. The van der Waals surface area contributed by atoms with Crippen LogP contribution in [0.15, 0.2) is 29.2 Å². The Bertz CT molecular complexity index is 907. The lowest BCUT2D eigenvalue weighted by molar-refractivity contribution is -0.143. The fourth-order valence-corrected chi connectivity index (χ4v) is 2.83. The van der Waals surface area contributed by atoms with Gasteiger partial charge >= 0.3 is 5.97 Å². The number of rotatable bonds is 4. The van der Waals surface area contributed by atoms with Crippen LogP contribution >= 0.6 is 0 Å². The van der Waals surface area contributed by atoms with Gasteiger partial charge in [-0.25, -0.2) is 4.98 Å². The molecular weight excluding hydrogens is 328 g/mol. The van der Waals surface area contributed by atoms with Crippen LogP contribution in [-0.2, 0) is 14.3 Å². The van der Waals surface area contributed by atoms with Crippen LogP contribution in [0.5, 0.6) is 0 Å². The van der Waals surface area contributed by atoms with E-state index in [4.69, 9.17) is 0 Å². The molecule has 3 rings (SSSR count). The zero-order chi connectivity index (χ0) is 18.0. The summed E-state index contributed by atoms with van der Waals surface area (Å²) in [5, 5.41) is 2.66. The van der Waals surface area contributed by atoms with Gasteiger partial charge in [-0.15, -0.1) is 0 Å². The standard InChI is InChI=1S/C16H16N4O5/c1-25-13(22)8-11-15(23)17-5-7-19(11)14-10(9-21)16(24)20-6-3-2-4-12(20)18-14/h2-4,6,9,11H,5,7-8H2,1H3,(H,17,23)/t11-/m1/s1. The lowest BCUT2D eigenvalue weighted by atomic mass is 10.1. The van der Waals surface area contributed by atoms with Gasteiger partial charge in [0.1, 0.15) is 23.1 Å². The Morgan fingerprint density at radius 1 is 1.44 bits per heavy atom. The number of amides is 1. The summed E-state index contributed by atoms with van der Waals surface area (Å²) in [6.45, 7) is 0.619. The minimum atomic E-state index is -0.905. The van der Waals surface area contributed by atoms with Crippen molar-refractivity contribution in [2.45, 2.75) is 12.5 Å². The van der Waals surface area contributed by atoms with E-state index < -0.39 is 17.6 Å². The first-order valence-electron chi connectivity index (χ1n) is 7.64. The molecule has 1 saturated heterocycles. The summed E-state index contributed by atoms with van der Waals surface area (Å²) in [6, 6.07) is 4.08. The Labute approximate surface area is 142 Å². The number of ether oxygens (including phenoxy) is 1. The van der Waals surface area contributed by atoms with Crippen molar-refractivity contribution in [3.05, 3.63) is 40.3 Å². The SMILES string of the molecule is COC(=O)C[C@@H]1C(=O)NCCN1c1nc2ccccn2c(=O)c1C=O. The van der Waals surface area contributed by atoms with Gasteiger partial charge in [-0.05, 0) is 12.1 Å². The number of aldehydes is 1. The van der Waals surface area contributed by atoms with Gasteiger partial charge in [0.15, 0.2) is 6.29 Å². The van der Waals surface area contributed by atoms with Crippen LogP contribution in [0.4, 0.5) is 5.82 Å². The van der Waals surface area contributed by atoms with Gasteiger partial charge in [-0.2, -0.15) is 0 Å². The lowest BCUT2D eigenvalue weighted by Crippen LogP contribution is -2.57. The molecule has 0 unspecified atom stereocenters. The minimum Gasteiger partial charge on any atom is -0.469 e. The number of nitrogens with one attached hydrogen (secondary N) is 1. The molecule has 3 heterocycles. The first-order chi connectivity index (χ1) is 12.1. The number of hydrogen-bond acceptors (Lipinski definition) is 7. The maximum atomic E-state index is 12.6. The van der Waals surface area contributed by atoms with E-state index in [1.54, 1.807) is 18.2 Å². The summed E-state index contributed by atoms with van der Waals surface area (Å²) in [5.41, 5.74) is -0.345. The van der Waals surface area contributed by atoms with Crippen LogP contribution in [0.3, 0.4) is 0 Å². The van der Waals surface area contributed by atoms with E-state index in [-0.39, 0.29) is 23.7 Å². The van der Waals surface area contributed by atoms with Crippen molar-refractivity contribution in [1.82, 2.24) is 14.7 Å². The number of aromatic nitrogens is 2. The number of nitrogens with zero attached hydrogens (tertiary/aromatic N) is 3. The highest BCUT2D eigenvalue weighted by atomic mass is 16.5. The van der Waals surface area contributed by atoms with Crippen LogP contribution in [-0.4, -0.2) is 53.8 Å². The normalized spacial score (nSPS) is 17.2. The Morgan fingerprint density at radius 3 is 2.96 bits per heavy atom. The number of esters is 1. The van der Waals surface area contributed by atoms with Crippen molar-refractivity contribution in [3.8, 4) is 0 Å². The first-order valence-corrected chi connectivity index (χ1v) is 7.64. The predicted molar refractivity (Wildman–Crippen MR) is 87.6 cm³/mol. The van der Waals surface area contributed by atoms with E-state index in [9.17, 15) is 19.2 Å². The first kappa shape index (κ1) is 16.6. The summed E-state index contributed by atoms with van der Waals surface area (Å²) >= 11 is 0. The number of hydrogen-bond donors (Lipinski definition) is 1. The van der Waals surface area contributed by atoms with E-state index in [1.807, 2.05) is 0 Å². The van der Waals surface area contributed by atoms with Crippen LogP contribution in [0.1, 0.15) is 16.8 Å². The van der Waals surface area contributed by atoms with Gasteiger partial charge in [-0.3, -0.25) is 23.6 Å². The molecule has 1 N–H and O–H groups in total. The van der Waals surface area contributed by atoms with Crippen molar-refractivity contribution in [2.75, 3.05) is 25.1 Å². The molecule has 0 aromatic carbocycles. The second kappa shape index (κ2) is 6.71. The maximum absolute atomic E-state index is 12.6. The third-order valence-electron chi connectivity index (χ3n) is 4.06. The molecular formula is C16H16N4O5. The molecule has 1 atom stereocenters. The summed E-state index contributed by atoms with van der Waals surface area (Å²) in [4.78, 5) is 53.8. The number of pyridine rings is 1. The second-order valence-corrected chi connectivity index (χ2v) is 5.48. The van der Waals surface area contributed by atoms with Gasteiger partial charge in [0.05, 0.1) is 13.5 Å². The molecule has 9 heteroatoms. The van der Waals surface area contributed by atoms with E-state index in [1.165, 1.54) is 22.6 Å². The third-order valence-corrected chi connectivity index (χ3v) is 4.06. The van der Waals surface area contributed by atoms with E-state index >= 15 is 0 Å². The lowest BCUT2D eigenvalue weighted by Gasteiger charge is -2.35. The molecule has 1 aliphatic rings. The molecule has 2 aromatic heterocycles. The summed E-state index contributed by atoms with van der Waals surface area (Å²) < 4.78 is 5.89. The number of methoxy groups -OCH3 is 1. The third kappa shape index (κ3) is 2.95. The average molecular weight is 344 g/mol. The smallest absolute Gasteiger partial charge is 0.308 e. The molecule has 9 nitrogen and oxygen atoms in total. The second-order valence-electron chi connectivity index (χ2n) is 5.48. The Morgan fingerprint density at radius 2 is 2.24 bits per heavy atom. The van der Waals surface area contributed by atoms with Gasteiger partial charge < -0.3 is 15.0 Å². The molecule has 2 aromatic rings. The van der Waals surface area contributed by atoms with Crippen molar-refractivity contribution in [3.63, 3.8) is 0 Å². The number of fused-ring (bicyclic) bond motifs is 1. The molecule has 130 valence electrons. The Hall–Kier alpha value is -3.23. The molecule has 25 heavy (non-hydrogen) atoms. The number of anilines is 1. The molecule has 1 amide bonds. The van der Waals surface area contributed by atoms with Gasteiger partial charge in [0, 0.05) is 19.3 Å². The molecule has 1 fully saturated rings. The van der Waals surface area contributed by atoms with Crippen molar-refractivity contribution < 1.29 is 19.1 Å². The topological polar surface area (TPSA) is 110 Å². The van der Waals surface area contributed by atoms with Crippen LogP contribution in [0, 0.1) is 0 Å². The van der Waals surface area contributed by atoms with Crippen LogP contribution < -0.4 is 15.8 Å². The highest BCUT2D eigenvalue weighted by molar-refractivity contribution is 5.92. The highest BCUT2D eigenvalue weighted by Gasteiger charge is 2.34. The fraction of sp³-hybridized carbons (Fsp3) is 0.312. The minimum absolute atomic E-state index is 0.0925. The van der Waals surface area contributed by atoms with Crippen molar-refractivity contribution >= 4 is 29.6 Å². The molecule has 0 spiro atoms. The fourth-order valence-electron chi connectivity index (χ4n) is 2.83. The monoisotopic (exact) mass is 344 g/mol. The summed E-state index contributed by atoms with van der Waals surface area (Å²) in [5.74, 6) is -0.865. The number of carbonyl (C=O) groups excluding carboxylic acids is 3. The average Bonchev–Trinajstić information content (AvgIpc) is 2.63. The molecule has 1 aliphatic heterocycles. The van der Waals surface area contributed by atoms with E-state index in [0.717, 1.165) is 0 Å². The zero-order valence-corrected chi connectivity index (χ0v) is 13.5. The Kier molecular flexibility index (Phi) is 4.46. The summed E-state index contributed by atoms with van der Waals surface area (Å²) in [7, 11) is 1.23. The van der Waals surface area contributed by atoms with Gasteiger partial charge in [0.25, 0.3) is 5.56 Å². The highest BCUT2D eigenvalue weighted by Crippen LogP contribution is 2.21. The molecule has 0 saturated carbocycles. The number of piperazine rings is 1. The predicted octanol–water partition coefficient (Wildman–Crippen LogP) is -0.625. The van der Waals surface area contributed by atoms with E-state index in [2.05, 4.69) is 15.0 Å². The van der Waals surface area contributed by atoms with Crippen molar-refractivity contribution in [1.29, 1.82) is 0 Å². The van der Waals surface area contributed by atoms with Gasteiger partial charge in [-0.1, -0.05) is 6.07 Å². The zero-order valence-electron chi connectivity index (χ0n) is 13.5. The molecule has 0 radical (unpaired) electrons. The Balaban J connectivity index is 2.15. The quantitative estimate of drug-likeness (QED) is 0.581. The molecule has 0 aliphatic carbocycles. The van der Waals surface area contributed by atoms with Gasteiger partial charge in [0.2, 0.25) is 5.91 Å². The van der Waals surface area contributed by atoms with E-state index in [0.29, 0.717) is 25.0 Å². The molecule has 0 bridgehead atoms. The largest absolute Gasteiger partial charge is 0.469 e. The van der Waals surface area contributed by atoms with Crippen LogP contribution in [0.2, 0.25) is 0 Å².